The maximum atomic E-state index is 13.9. The number of ether oxygens (including phenoxy) is 1. The van der Waals surface area contributed by atoms with Crippen LogP contribution in [0.3, 0.4) is 0 Å². The Balaban J connectivity index is 1.73. The monoisotopic (exact) mass is 387 g/mol. The first-order valence-corrected chi connectivity index (χ1v) is 9.96. The first kappa shape index (κ1) is 20.5. The van der Waals surface area contributed by atoms with Crippen molar-refractivity contribution in [3.05, 3.63) is 42.2 Å². The number of benzene rings is 1. The minimum Gasteiger partial charge on any atom is -0.444 e. The summed E-state index contributed by atoms with van der Waals surface area (Å²) < 4.78 is 19.5. The lowest BCUT2D eigenvalue weighted by Crippen LogP contribution is -2.50. The minimum atomic E-state index is -0.551. The minimum absolute atomic E-state index is 0.332. The van der Waals surface area contributed by atoms with Gasteiger partial charge in [0.1, 0.15) is 12.3 Å². The fourth-order valence-electron chi connectivity index (χ4n) is 3.57. The van der Waals surface area contributed by atoms with Gasteiger partial charge in [-0.15, -0.1) is 0 Å². The van der Waals surface area contributed by atoms with Gasteiger partial charge in [0.15, 0.2) is 0 Å². The van der Waals surface area contributed by atoms with Crippen molar-refractivity contribution in [3.63, 3.8) is 0 Å². The Morgan fingerprint density at radius 3 is 2.75 bits per heavy atom. The molecule has 0 radical (unpaired) electrons. The number of aromatic nitrogens is 1. The van der Waals surface area contributed by atoms with Gasteiger partial charge in [-0.25, -0.2) is 9.18 Å². The Bertz CT molecular complexity index is 806. The predicted octanol–water partition coefficient (Wildman–Crippen LogP) is 4.41. The summed E-state index contributed by atoms with van der Waals surface area (Å²) in [6.07, 6.45) is 5.08. The number of fused-ring (bicyclic) bond motifs is 1. The van der Waals surface area contributed by atoms with Crippen molar-refractivity contribution in [1.82, 2.24) is 14.8 Å². The molecular formula is C22H30FN3O2. The zero-order chi connectivity index (χ0) is 20.1. The molecular weight excluding hydrogens is 357 g/mol. The number of hydrogen-bond donors (Lipinski definition) is 0. The molecule has 152 valence electrons. The van der Waals surface area contributed by atoms with Gasteiger partial charge in [0, 0.05) is 37.4 Å². The van der Waals surface area contributed by atoms with Crippen molar-refractivity contribution in [2.75, 3.05) is 26.3 Å². The van der Waals surface area contributed by atoms with E-state index in [1.807, 2.05) is 33.0 Å². The molecule has 0 aliphatic carbocycles. The topological polar surface area (TPSA) is 45.7 Å². The molecule has 2 aromatic rings. The van der Waals surface area contributed by atoms with Crippen LogP contribution in [0.1, 0.15) is 39.2 Å². The number of nitrogens with zero attached hydrogens (tertiary/aromatic N) is 3. The number of halogens is 1. The van der Waals surface area contributed by atoms with Crippen molar-refractivity contribution in [2.24, 2.45) is 0 Å². The number of pyridine rings is 1. The molecule has 1 aliphatic heterocycles. The van der Waals surface area contributed by atoms with Crippen molar-refractivity contribution >= 4 is 16.9 Å². The predicted molar refractivity (Wildman–Crippen MR) is 109 cm³/mol. The normalized spacial score (nSPS) is 19.3. The zero-order valence-electron chi connectivity index (χ0n) is 17.0. The van der Waals surface area contributed by atoms with E-state index < -0.39 is 12.3 Å². The molecule has 6 heteroatoms. The second-order valence-corrected chi connectivity index (χ2v) is 8.47. The summed E-state index contributed by atoms with van der Waals surface area (Å²) in [6.45, 7) is 7.51. The molecule has 1 aromatic heterocycles. The Morgan fingerprint density at radius 2 is 2.00 bits per heavy atom. The summed E-state index contributed by atoms with van der Waals surface area (Å²) >= 11 is 0. The maximum absolute atomic E-state index is 13.9. The van der Waals surface area contributed by atoms with Crippen molar-refractivity contribution in [2.45, 2.75) is 51.8 Å². The molecule has 2 heterocycles. The number of alkyl halides is 1. The summed E-state index contributed by atoms with van der Waals surface area (Å²) in [5.41, 5.74) is 0.589. The molecule has 0 N–H and O–H groups in total. The van der Waals surface area contributed by atoms with E-state index in [9.17, 15) is 9.18 Å². The van der Waals surface area contributed by atoms with Crippen LogP contribution in [0.2, 0.25) is 0 Å². The highest BCUT2D eigenvalue weighted by molar-refractivity contribution is 5.82. The molecule has 3 rings (SSSR count). The Labute approximate surface area is 166 Å². The summed E-state index contributed by atoms with van der Waals surface area (Å²) in [7, 11) is 0. The molecule has 28 heavy (non-hydrogen) atoms. The Hall–Kier alpha value is -2.21. The Kier molecular flexibility index (Phi) is 6.50. The zero-order valence-corrected chi connectivity index (χ0v) is 17.0. The lowest BCUT2D eigenvalue weighted by molar-refractivity contribution is 0.0123. The lowest BCUT2D eigenvalue weighted by Gasteiger charge is -2.37. The van der Waals surface area contributed by atoms with Gasteiger partial charge in [-0.05, 0) is 63.2 Å². The van der Waals surface area contributed by atoms with E-state index in [0.717, 1.165) is 35.7 Å². The van der Waals surface area contributed by atoms with Gasteiger partial charge in [-0.2, -0.15) is 0 Å². The van der Waals surface area contributed by atoms with Crippen molar-refractivity contribution < 1.29 is 13.9 Å². The molecule has 1 fully saturated rings. The molecule has 0 saturated carbocycles. The summed E-state index contributed by atoms with van der Waals surface area (Å²) in [6, 6.07) is 7.92. The third kappa shape index (κ3) is 5.41. The molecule has 0 unspecified atom stereocenters. The molecule has 1 amide bonds. The van der Waals surface area contributed by atoms with Crippen LogP contribution in [-0.2, 0) is 11.3 Å². The molecule has 1 aromatic carbocycles. The number of amides is 1. The highest BCUT2D eigenvalue weighted by Crippen LogP contribution is 2.20. The Morgan fingerprint density at radius 1 is 1.21 bits per heavy atom. The van der Waals surface area contributed by atoms with Crippen LogP contribution in [0.5, 0.6) is 0 Å². The summed E-state index contributed by atoms with van der Waals surface area (Å²) in [5.74, 6) is 0. The van der Waals surface area contributed by atoms with Crippen LogP contribution in [-0.4, -0.2) is 58.8 Å². The van der Waals surface area contributed by atoms with E-state index in [0.29, 0.717) is 19.6 Å². The van der Waals surface area contributed by atoms with E-state index in [2.05, 4.69) is 28.1 Å². The molecule has 0 bridgehead atoms. The van der Waals surface area contributed by atoms with Gasteiger partial charge in [0.05, 0.1) is 6.04 Å². The van der Waals surface area contributed by atoms with E-state index in [4.69, 9.17) is 4.74 Å². The van der Waals surface area contributed by atoms with E-state index in [-0.39, 0.29) is 12.1 Å². The van der Waals surface area contributed by atoms with Gasteiger partial charge < -0.3 is 9.64 Å². The number of carbonyl (C=O) groups is 1. The van der Waals surface area contributed by atoms with E-state index >= 15 is 0 Å². The average Bonchev–Trinajstić information content (AvgIpc) is 2.63. The third-order valence-corrected chi connectivity index (χ3v) is 4.99. The largest absolute Gasteiger partial charge is 0.444 e. The second-order valence-electron chi connectivity index (χ2n) is 8.47. The molecule has 1 aliphatic rings. The number of hydrogen-bond acceptors (Lipinski definition) is 4. The van der Waals surface area contributed by atoms with E-state index in [1.165, 1.54) is 0 Å². The quantitative estimate of drug-likeness (QED) is 0.783. The first-order valence-electron chi connectivity index (χ1n) is 9.96. The van der Waals surface area contributed by atoms with Crippen molar-refractivity contribution in [1.29, 1.82) is 0 Å². The summed E-state index contributed by atoms with van der Waals surface area (Å²) in [5, 5.41) is 2.23. The number of rotatable bonds is 3. The number of carbonyl (C=O) groups excluding carboxylic acids is 1. The SMILES string of the molecule is CC(C)(C)OC(=O)N1CCCCN(Cc2ccc3cnccc3c2)[C@H](CF)C1. The van der Waals surface area contributed by atoms with Gasteiger partial charge in [0.25, 0.3) is 0 Å². The van der Waals surface area contributed by atoms with Crippen LogP contribution in [0.4, 0.5) is 9.18 Å². The smallest absolute Gasteiger partial charge is 0.410 e. The molecule has 5 nitrogen and oxygen atoms in total. The van der Waals surface area contributed by atoms with Crippen LogP contribution >= 0.6 is 0 Å². The van der Waals surface area contributed by atoms with Crippen LogP contribution in [0.25, 0.3) is 10.8 Å². The van der Waals surface area contributed by atoms with Crippen LogP contribution < -0.4 is 0 Å². The van der Waals surface area contributed by atoms with Crippen molar-refractivity contribution in [3.8, 4) is 0 Å². The standard InChI is InChI=1S/C22H30FN3O2/c1-22(2,3)28-21(27)26-11-5-4-10-25(20(13-23)16-26)15-17-6-7-19-14-24-9-8-18(19)12-17/h6-9,12,14,20H,4-5,10-11,13,15-16H2,1-3H3/t20-/m1/s1. The fourth-order valence-corrected chi connectivity index (χ4v) is 3.57. The molecule has 1 saturated heterocycles. The van der Waals surface area contributed by atoms with Gasteiger partial charge >= 0.3 is 6.09 Å². The molecule has 0 spiro atoms. The van der Waals surface area contributed by atoms with Crippen LogP contribution in [0, 0.1) is 0 Å². The van der Waals surface area contributed by atoms with Gasteiger partial charge in [-0.1, -0.05) is 12.1 Å². The summed E-state index contributed by atoms with van der Waals surface area (Å²) in [4.78, 5) is 20.5. The lowest BCUT2D eigenvalue weighted by atomic mass is 10.1. The molecule has 1 atom stereocenters. The van der Waals surface area contributed by atoms with E-state index in [1.54, 1.807) is 11.1 Å². The highest BCUT2D eigenvalue weighted by atomic mass is 19.1. The van der Waals surface area contributed by atoms with Gasteiger partial charge in [0.2, 0.25) is 0 Å². The van der Waals surface area contributed by atoms with Crippen LogP contribution in [0.15, 0.2) is 36.7 Å². The average molecular weight is 387 g/mol. The maximum Gasteiger partial charge on any atom is 0.410 e. The third-order valence-electron chi connectivity index (χ3n) is 4.99. The van der Waals surface area contributed by atoms with Gasteiger partial charge in [-0.3, -0.25) is 9.88 Å². The first-order chi connectivity index (χ1) is 13.4. The fraction of sp³-hybridized carbons (Fsp3) is 0.545. The highest BCUT2D eigenvalue weighted by Gasteiger charge is 2.29. The second kappa shape index (κ2) is 8.86.